The Bertz CT molecular complexity index is 414. The van der Waals surface area contributed by atoms with E-state index in [2.05, 4.69) is 0 Å². The molecule has 0 aliphatic rings. The molecule has 1 aromatic rings. The van der Waals surface area contributed by atoms with Crippen molar-refractivity contribution in [3.05, 3.63) is 35.4 Å². The lowest BCUT2D eigenvalue weighted by Gasteiger charge is -2.19. The predicted molar refractivity (Wildman–Crippen MR) is 50.9 cm³/mol. The summed E-state index contributed by atoms with van der Waals surface area (Å²) in [5.41, 5.74) is -0.365. The number of nitriles is 2. The van der Waals surface area contributed by atoms with Crippen LogP contribution in [0.2, 0.25) is 0 Å². The molecule has 0 spiro atoms. The molecule has 3 nitrogen and oxygen atoms in total. The van der Waals surface area contributed by atoms with Crippen LogP contribution in [0.3, 0.4) is 0 Å². The van der Waals surface area contributed by atoms with Gasteiger partial charge in [0, 0.05) is 5.56 Å². The molecule has 1 unspecified atom stereocenters. The molecule has 1 aromatic carbocycles. The highest BCUT2D eigenvalue weighted by atomic mass is 16.3. The summed E-state index contributed by atoms with van der Waals surface area (Å²) in [5, 5.41) is 27.3. The second-order valence-corrected chi connectivity index (χ2v) is 3.12. The lowest BCUT2D eigenvalue weighted by Crippen LogP contribution is -2.23. The van der Waals surface area contributed by atoms with E-state index in [1.165, 1.54) is 0 Å². The van der Waals surface area contributed by atoms with E-state index < -0.39 is 5.60 Å². The van der Waals surface area contributed by atoms with Crippen LogP contribution >= 0.6 is 0 Å². The monoisotopic (exact) mass is 186 g/mol. The fraction of sp³-hybridized carbons (Fsp3) is 0.273. The van der Waals surface area contributed by atoms with Gasteiger partial charge in [0.2, 0.25) is 0 Å². The highest BCUT2D eigenvalue weighted by Crippen LogP contribution is 2.26. The van der Waals surface area contributed by atoms with Gasteiger partial charge < -0.3 is 5.11 Å². The Morgan fingerprint density at radius 1 is 1.36 bits per heavy atom. The van der Waals surface area contributed by atoms with Crippen LogP contribution in [0.5, 0.6) is 0 Å². The van der Waals surface area contributed by atoms with Gasteiger partial charge in [0.25, 0.3) is 0 Å². The van der Waals surface area contributed by atoms with Gasteiger partial charge in [0.05, 0.1) is 12.5 Å². The molecule has 0 aliphatic heterocycles. The largest absolute Gasteiger partial charge is 0.371 e. The minimum atomic E-state index is -1.68. The fourth-order valence-electron chi connectivity index (χ4n) is 1.35. The van der Waals surface area contributed by atoms with Crippen molar-refractivity contribution in [3.63, 3.8) is 0 Å². The van der Waals surface area contributed by atoms with E-state index in [1.54, 1.807) is 31.2 Å². The maximum absolute atomic E-state index is 9.89. The molecule has 1 rings (SSSR count). The molecule has 1 atom stereocenters. The van der Waals surface area contributed by atoms with Crippen LogP contribution in [0.1, 0.15) is 17.5 Å². The first-order valence-corrected chi connectivity index (χ1v) is 4.21. The predicted octanol–water partition coefficient (Wildman–Crippen LogP) is 1.62. The van der Waals surface area contributed by atoms with Gasteiger partial charge in [-0.1, -0.05) is 24.3 Å². The van der Waals surface area contributed by atoms with Crippen molar-refractivity contribution >= 4 is 0 Å². The number of benzene rings is 1. The second-order valence-electron chi connectivity index (χ2n) is 3.12. The Hall–Kier alpha value is -1.84. The molecule has 0 heterocycles. The molecule has 0 aromatic heterocycles. The Kier molecular flexibility index (Phi) is 2.86. The Labute approximate surface area is 82.8 Å². The van der Waals surface area contributed by atoms with Gasteiger partial charge in [-0.25, -0.2) is 0 Å². The first-order valence-electron chi connectivity index (χ1n) is 4.21. The maximum atomic E-state index is 9.89. The van der Waals surface area contributed by atoms with E-state index in [-0.39, 0.29) is 6.42 Å². The minimum absolute atomic E-state index is 0.214. The third-order valence-corrected chi connectivity index (χ3v) is 2.11. The standard InChI is InChI=1S/C11H10N2O/c1-9-4-2-3-5-10(9)11(14,8-13)6-7-12/h2-5,14H,6H2,1H3. The molecule has 0 radical (unpaired) electrons. The van der Waals surface area contributed by atoms with Crippen LogP contribution in [0, 0.1) is 29.6 Å². The SMILES string of the molecule is Cc1ccccc1C(O)(C#N)CC#N. The second kappa shape index (κ2) is 3.91. The highest BCUT2D eigenvalue weighted by Gasteiger charge is 2.30. The lowest BCUT2D eigenvalue weighted by atomic mass is 9.89. The molecule has 0 saturated carbocycles. The van der Waals surface area contributed by atoms with E-state index in [0.29, 0.717) is 5.56 Å². The maximum Gasteiger partial charge on any atom is 0.190 e. The Morgan fingerprint density at radius 2 is 2.00 bits per heavy atom. The molecule has 0 amide bonds. The summed E-state index contributed by atoms with van der Waals surface area (Å²) in [5.74, 6) is 0. The number of hydrogen-bond acceptors (Lipinski definition) is 3. The van der Waals surface area contributed by atoms with Crippen LogP contribution in [-0.2, 0) is 5.60 Å². The van der Waals surface area contributed by atoms with Gasteiger partial charge in [0.15, 0.2) is 5.60 Å². The van der Waals surface area contributed by atoms with E-state index >= 15 is 0 Å². The van der Waals surface area contributed by atoms with Crippen LogP contribution in [0.15, 0.2) is 24.3 Å². The van der Waals surface area contributed by atoms with Crippen LogP contribution < -0.4 is 0 Å². The molecule has 3 heteroatoms. The summed E-state index contributed by atoms with van der Waals surface area (Å²) < 4.78 is 0. The number of aryl methyl sites for hydroxylation is 1. The van der Waals surface area contributed by atoms with Crippen molar-refractivity contribution in [1.29, 1.82) is 10.5 Å². The summed E-state index contributed by atoms with van der Waals surface area (Å²) in [6.07, 6.45) is -0.214. The molecule has 70 valence electrons. The third kappa shape index (κ3) is 1.74. The van der Waals surface area contributed by atoms with E-state index in [4.69, 9.17) is 10.5 Å². The van der Waals surface area contributed by atoms with Gasteiger partial charge in [-0.3, -0.25) is 0 Å². The van der Waals surface area contributed by atoms with Crippen LogP contribution in [0.25, 0.3) is 0 Å². The zero-order valence-electron chi connectivity index (χ0n) is 7.86. The van der Waals surface area contributed by atoms with Crippen LogP contribution in [-0.4, -0.2) is 5.11 Å². The average molecular weight is 186 g/mol. The number of rotatable bonds is 2. The van der Waals surface area contributed by atoms with Crippen molar-refractivity contribution in [3.8, 4) is 12.1 Å². The molecular weight excluding hydrogens is 176 g/mol. The molecular formula is C11H10N2O. The smallest absolute Gasteiger partial charge is 0.190 e. The van der Waals surface area contributed by atoms with Crippen molar-refractivity contribution in [2.24, 2.45) is 0 Å². The molecule has 0 fully saturated rings. The van der Waals surface area contributed by atoms with Gasteiger partial charge >= 0.3 is 0 Å². The lowest BCUT2D eigenvalue weighted by molar-refractivity contribution is 0.102. The van der Waals surface area contributed by atoms with E-state index in [1.807, 2.05) is 12.1 Å². The van der Waals surface area contributed by atoms with Gasteiger partial charge in [-0.15, -0.1) is 0 Å². The fourth-order valence-corrected chi connectivity index (χ4v) is 1.35. The molecule has 1 N–H and O–H groups in total. The van der Waals surface area contributed by atoms with Crippen molar-refractivity contribution in [2.75, 3.05) is 0 Å². The number of aliphatic hydroxyl groups is 1. The van der Waals surface area contributed by atoms with Crippen LogP contribution in [0.4, 0.5) is 0 Å². The zero-order valence-corrected chi connectivity index (χ0v) is 7.86. The van der Waals surface area contributed by atoms with Crippen molar-refractivity contribution in [2.45, 2.75) is 18.9 Å². The minimum Gasteiger partial charge on any atom is -0.371 e. The zero-order chi connectivity index (χ0) is 10.6. The van der Waals surface area contributed by atoms with Gasteiger partial charge in [-0.05, 0) is 12.5 Å². The summed E-state index contributed by atoms with van der Waals surface area (Å²) >= 11 is 0. The van der Waals surface area contributed by atoms with E-state index in [9.17, 15) is 5.11 Å². The third-order valence-electron chi connectivity index (χ3n) is 2.11. The topological polar surface area (TPSA) is 67.8 Å². The molecule has 0 saturated heterocycles. The first kappa shape index (κ1) is 10.2. The molecule has 0 aliphatic carbocycles. The summed E-state index contributed by atoms with van der Waals surface area (Å²) in [6, 6.07) is 10.6. The van der Waals surface area contributed by atoms with Gasteiger partial charge in [-0.2, -0.15) is 10.5 Å². The Balaban J connectivity index is 3.22. The Morgan fingerprint density at radius 3 is 2.50 bits per heavy atom. The quantitative estimate of drug-likeness (QED) is 0.713. The average Bonchev–Trinajstić information content (AvgIpc) is 2.18. The first-order chi connectivity index (χ1) is 6.64. The molecule has 0 bridgehead atoms. The van der Waals surface area contributed by atoms with E-state index in [0.717, 1.165) is 5.56 Å². The summed E-state index contributed by atoms with van der Waals surface area (Å²) in [4.78, 5) is 0. The van der Waals surface area contributed by atoms with Gasteiger partial charge in [0.1, 0.15) is 6.07 Å². The normalized spacial score (nSPS) is 13.7. The summed E-state index contributed by atoms with van der Waals surface area (Å²) in [6.45, 7) is 1.80. The summed E-state index contributed by atoms with van der Waals surface area (Å²) in [7, 11) is 0. The van der Waals surface area contributed by atoms with Crippen molar-refractivity contribution in [1.82, 2.24) is 0 Å². The number of nitrogens with zero attached hydrogens (tertiary/aromatic N) is 2. The van der Waals surface area contributed by atoms with Crippen molar-refractivity contribution < 1.29 is 5.11 Å². The molecule has 14 heavy (non-hydrogen) atoms. The number of hydrogen-bond donors (Lipinski definition) is 1. The highest BCUT2D eigenvalue weighted by molar-refractivity contribution is 5.36.